The van der Waals surface area contributed by atoms with Crippen molar-refractivity contribution >= 4 is 18.0 Å². The molecule has 0 fully saturated rings. The van der Waals surface area contributed by atoms with Gasteiger partial charge in [0.05, 0.1) is 7.11 Å². The molecule has 0 aromatic heterocycles. The van der Waals surface area contributed by atoms with Gasteiger partial charge in [0.1, 0.15) is 5.75 Å². The van der Waals surface area contributed by atoms with Crippen molar-refractivity contribution in [2.45, 2.75) is 19.8 Å². The molecule has 0 unspecified atom stereocenters. The van der Waals surface area contributed by atoms with E-state index in [1.807, 2.05) is 25.1 Å². The Bertz CT molecular complexity index is 497. The Balaban J connectivity index is 2.39. The fourth-order valence-corrected chi connectivity index (χ4v) is 1.60. The average molecular weight is 291 g/mol. The van der Waals surface area contributed by atoms with Crippen molar-refractivity contribution in [1.29, 1.82) is 0 Å². The van der Waals surface area contributed by atoms with E-state index >= 15 is 0 Å². The van der Waals surface area contributed by atoms with Gasteiger partial charge in [0.15, 0.2) is 6.61 Å². The number of ether oxygens (including phenoxy) is 2. The van der Waals surface area contributed by atoms with Crippen molar-refractivity contribution in [3.63, 3.8) is 0 Å². The van der Waals surface area contributed by atoms with Crippen LogP contribution in [0.1, 0.15) is 25.3 Å². The van der Waals surface area contributed by atoms with Crippen molar-refractivity contribution < 1.29 is 19.1 Å². The summed E-state index contributed by atoms with van der Waals surface area (Å²) in [6.07, 6.45) is 4.78. The summed E-state index contributed by atoms with van der Waals surface area (Å²) < 4.78 is 10.0. The fraction of sp³-hybridized carbons (Fsp3) is 0.375. The average Bonchev–Trinajstić information content (AvgIpc) is 2.51. The second-order valence-electron chi connectivity index (χ2n) is 4.39. The second kappa shape index (κ2) is 9.58. The predicted octanol–water partition coefficient (Wildman–Crippen LogP) is 2.17. The van der Waals surface area contributed by atoms with Gasteiger partial charge in [-0.2, -0.15) is 0 Å². The number of carbonyl (C=O) groups excluding carboxylic acids is 2. The lowest BCUT2D eigenvalue weighted by atomic mass is 10.2. The Labute approximate surface area is 124 Å². The molecule has 0 radical (unpaired) electrons. The van der Waals surface area contributed by atoms with Crippen molar-refractivity contribution in [1.82, 2.24) is 5.32 Å². The molecule has 0 aliphatic heterocycles. The van der Waals surface area contributed by atoms with Crippen LogP contribution in [0.25, 0.3) is 6.08 Å². The first-order chi connectivity index (χ1) is 10.2. The molecule has 21 heavy (non-hydrogen) atoms. The molecule has 5 nitrogen and oxygen atoms in total. The first-order valence-corrected chi connectivity index (χ1v) is 6.92. The van der Waals surface area contributed by atoms with Gasteiger partial charge in [0, 0.05) is 18.2 Å². The highest BCUT2D eigenvalue weighted by Crippen LogP contribution is 2.18. The molecule has 0 saturated carbocycles. The van der Waals surface area contributed by atoms with Crippen LogP contribution >= 0.6 is 0 Å². The van der Waals surface area contributed by atoms with E-state index in [2.05, 4.69) is 5.32 Å². The van der Waals surface area contributed by atoms with Crippen LogP contribution in [-0.4, -0.2) is 32.1 Å². The molecular weight excluding hydrogens is 270 g/mol. The van der Waals surface area contributed by atoms with Crippen molar-refractivity contribution in [3.05, 3.63) is 35.9 Å². The fourth-order valence-electron chi connectivity index (χ4n) is 1.60. The first-order valence-electron chi connectivity index (χ1n) is 6.92. The molecule has 0 atom stereocenters. The number of rotatable bonds is 8. The Kier molecular flexibility index (Phi) is 7.64. The van der Waals surface area contributed by atoms with E-state index in [4.69, 9.17) is 9.47 Å². The first kappa shape index (κ1) is 16.8. The van der Waals surface area contributed by atoms with E-state index in [1.165, 1.54) is 6.08 Å². The Morgan fingerprint density at radius 1 is 1.29 bits per heavy atom. The summed E-state index contributed by atoms with van der Waals surface area (Å²) in [5.41, 5.74) is 0.768. The maximum atomic E-state index is 11.5. The van der Waals surface area contributed by atoms with Gasteiger partial charge in [-0.3, -0.25) is 4.79 Å². The molecule has 0 saturated heterocycles. The standard InChI is InChI=1S/C16H21NO4/c1-3-4-11-17-15(18)12-21-16(19)10-9-13-7-5-6-8-14(13)20-2/h5-10H,3-4,11-12H2,1-2H3,(H,17,18). The van der Waals surface area contributed by atoms with Crippen LogP contribution in [0, 0.1) is 0 Å². The number of hydrogen-bond acceptors (Lipinski definition) is 4. The number of benzene rings is 1. The summed E-state index contributed by atoms with van der Waals surface area (Å²) in [5, 5.41) is 2.67. The topological polar surface area (TPSA) is 64.6 Å². The van der Waals surface area contributed by atoms with E-state index in [0.29, 0.717) is 12.3 Å². The van der Waals surface area contributed by atoms with Gasteiger partial charge in [0.25, 0.3) is 5.91 Å². The molecule has 114 valence electrons. The molecule has 1 rings (SSSR count). The minimum atomic E-state index is -0.563. The zero-order valence-corrected chi connectivity index (χ0v) is 12.4. The zero-order valence-electron chi connectivity index (χ0n) is 12.4. The lowest BCUT2D eigenvalue weighted by molar-refractivity contribution is -0.143. The van der Waals surface area contributed by atoms with E-state index in [9.17, 15) is 9.59 Å². The van der Waals surface area contributed by atoms with Gasteiger partial charge >= 0.3 is 5.97 Å². The quantitative estimate of drug-likeness (QED) is 0.453. The molecule has 0 bridgehead atoms. The largest absolute Gasteiger partial charge is 0.496 e. The van der Waals surface area contributed by atoms with E-state index in [1.54, 1.807) is 19.3 Å². The summed E-state index contributed by atoms with van der Waals surface area (Å²) in [7, 11) is 1.56. The van der Waals surface area contributed by atoms with Crippen LogP contribution in [0.15, 0.2) is 30.3 Å². The van der Waals surface area contributed by atoms with Gasteiger partial charge in [-0.05, 0) is 18.6 Å². The predicted molar refractivity (Wildman–Crippen MR) is 80.9 cm³/mol. The smallest absolute Gasteiger partial charge is 0.331 e. The molecule has 1 amide bonds. The van der Waals surface area contributed by atoms with Gasteiger partial charge < -0.3 is 14.8 Å². The third-order valence-corrected chi connectivity index (χ3v) is 2.74. The van der Waals surface area contributed by atoms with Gasteiger partial charge in [-0.15, -0.1) is 0 Å². The Morgan fingerprint density at radius 3 is 2.76 bits per heavy atom. The lowest BCUT2D eigenvalue weighted by Gasteiger charge is -2.05. The molecule has 0 heterocycles. The van der Waals surface area contributed by atoms with Gasteiger partial charge in [-0.1, -0.05) is 31.5 Å². The maximum absolute atomic E-state index is 11.5. The Hall–Kier alpha value is -2.30. The third-order valence-electron chi connectivity index (χ3n) is 2.74. The maximum Gasteiger partial charge on any atom is 0.331 e. The number of para-hydroxylation sites is 1. The minimum absolute atomic E-state index is 0.265. The molecule has 0 aliphatic rings. The number of amides is 1. The highest BCUT2D eigenvalue weighted by Gasteiger charge is 2.04. The monoisotopic (exact) mass is 291 g/mol. The number of carbonyl (C=O) groups is 2. The molecule has 1 N–H and O–H groups in total. The van der Waals surface area contributed by atoms with Crippen LogP contribution in [0.2, 0.25) is 0 Å². The van der Waals surface area contributed by atoms with Crippen LogP contribution in [0.5, 0.6) is 5.75 Å². The lowest BCUT2D eigenvalue weighted by Crippen LogP contribution is -2.29. The zero-order chi connectivity index (χ0) is 15.5. The third kappa shape index (κ3) is 6.61. The van der Waals surface area contributed by atoms with E-state index in [-0.39, 0.29) is 12.5 Å². The summed E-state index contributed by atoms with van der Waals surface area (Å²) in [6.45, 7) is 2.37. The number of nitrogens with one attached hydrogen (secondary N) is 1. The molecule has 5 heteroatoms. The van der Waals surface area contributed by atoms with Gasteiger partial charge in [0.2, 0.25) is 0 Å². The summed E-state index contributed by atoms with van der Waals surface area (Å²) in [4.78, 5) is 22.9. The highest BCUT2D eigenvalue weighted by atomic mass is 16.5. The molecule has 1 aromatic rings. The number of hydrogen-bond donors (Lipinski definition) is 1. The molecule has 0 aliphatic carbocycles. The van der Waals surface area contributed by atoms with Crippen LogP contribution < -0.4 is 10.1 Å². The molecular formula is C16H21NO4. The van der Waals surface area contributed by atoms with Crippen molar-refractivity contribution in [2.75, 3.05) is 20.3 Å². The number of unbranched alkanes of at least 4 members (excludes halogenated alkanes) is 1. The van der Waals surface area contributed by atoms with E-state index in [0.717, 1.165) is 18.4 Å². The number of esters is 1. The summed E-state index contributed by atoms with van der Waals surface area (Å²) >= 11 is 0. The second-order valence-corrected chi connectivity index (χ2v) is 4.39. The molecule has 1 aromatic carbocycles. The van der Waals surface area contributed by atoms with Crippen LogP contribution in [0.3, 0.4) is 0 Å². The minimum Gasteiger partial charge on any atom is -0.496 e. The van der Waals surface area contributed by atoms with Crippen molar-refractivity contribution in [3.8, 4) is 5.75 Å². The van der Waals surface area contributed by atoms with Gasteiger partial charge in [-0.25, -0.2) is 4.79 Å². The van der Waals surface area contributed by atoms with Crippen LogP contribution in [-0.2, 0) is 14.3 Å². The summed E-state index contributed by atoms with van der Waals surface area (Å²) in [6, 6.07) is 7.30. The SMILES string of the molecule is CCCCNC(=O)COC(=O)C=Cc1ccccc1OC. The highest BCUT2D eigenvalue weighted by molar-refractivity contribution is 5.89. The van der Waals surface area contributed by atoms with E-state index < -0.39 is 5.97 Å². The molecule has 0 spiro atoms. The normalized spacial score (nSPS) is 10.4. The van der Waals surface area contributed by atoms with Crippen molar-refractivity contribution in [2.24, 2.45) is 0 Å². The summed E-state index contributed by atoms with van der Waals surface area (Å²) in [5.74, 6) is -0.187. The number of methoxy groups -OCH3 is 1. The van der Waals surface area contributed by atoms with Crippen LogP contribution in [0.4, 0.5) is 0 Å². The Morgan fingerprint density at radius 2 is 2.05 bits per heavy atom.